The fourth-order valence-electron chi connectivity index (χ4n) is 5.46. The maximum Gasteiger partial charge on any atom is 0.313 e. The third kappa shape index (κ3) is 5.72. The summed E-state index contributed by atoms with van der Waals surface area (Å²) in [4.78, 5) is 12.5. The first-order valence-corrected chi connectivity index (χ1v) is 13.1. The second-order valence-electron chi connectivity index (χ2n) is 9.72. The van der Waals surface area contributed by atoms with Crippen LogP contribution in [0.5, 0.6) is 5.75 Å². The quantitative estimate of drug-likeness (QED) is 0.266. The van der Waals surface area contributed by atoms with Crippen molar-refractivity contribution in [1.82, 2.24) is 0 Å². The van der Waals surface area contributed by atoms with Crippen LogP contribution in [0.4, 0.5) is 4.39 Å². The molecular weight excluding hydrogens is 523 g/mol. The van der Waals surface area contributed by atoms with Gasteiger partial charge >= 0.3 is 5.97 Å². The van der Waals surface area contributed by atoms with Gasteiger partial charge in [-0.15, -0.1) is 0 Å². The molecule has 0 radical (unpaired) electrons. The highest BCUT2D eigenvalue weighted by Gasteiger charge is 2.39. The van der Waals surface area contributed by atoms with Crippen molar-refractivity contribution in [3.05, 3.63) is 105 Å². The predicted octanol–water partition coefficient (Wildman–Crippen LogP) is 6.38. The number of allylic oxidation sites excluding steroid dienone is 6. The van der Waals surface area contributed by atoms with E-state index < -0.39 is 18.0 Å². The molecule has 0 N–H and O–H groups in total. The van der Waals surface area contributed by atoms with Crippen LogP contribution in [-0.2, 0) is 23.7 Å². The summed E-state index contributed by atoms with van der Waals surface area (Å²) in [6.45, 7) is 0.591. The normalized spacial score (nSPS) is 21.1. The zero-order chi connectivity index (χ0) is 27.5. The number of cyclic esters (lactones) is 1. The molecule has 8 heteroatoms. The first kappa shape index (κ1) is 27.3. The molecule has 204 valence electrons. The number of halogens is 2. The molecule has 1 saturated heterocycles. The summed E-state index contributed by atoms with van der Waals surface area (Å²) in [5.74, 6) is -0.591. The summed E-state index contributed by atoms with van der Waals surface area (Å²) in [7, 11) is 4.67. The van der Waals surface area contributed by atoms with E-state index in [1.165, 1.54) is 12.1 Å². The number of rotatable bonds is 9. The minimum Gasteiger partial charge on any atom is -0.465 e. The van der Waals surface area contributed by atoms with E-state index in [1.54, 1.807) is 33.7 Å². The van der Waals surface area contributed by atoms with E-state index >= 15 is 0 Å². The Bertz CT molecular complexity index is 1370. The van der Waals surface area contributed by atoms with Crippen molar-refractivity contribution >= 4 is 23.1 Å². The van der Waals surface area contributed by atoms with Crippen molar-refractivity contribution in [2.24, 2.45) is 5.92 Å². The molecular formula is C31H30ClFO6. The number of carbonyl (C=O) groups is 1. The van der Waals surface area contributed by atoms with Gasteiger partial charge in [-0.1, -0.05) is 41.5 Å². The predicted molar refractivity (Wildman–Crippen MR) is 146 cm³/mol. The Morgan fingerprint density at radius 1 is 1.10 bits per heavy atom. The van der Waals surface area contributed by atoms with Crippen LogP contribution in [-0.4, -0.2) is 46.6 Å². The average Bonchev–Trinajstić information content (AvgIpc) is 3.30. The van der Waals surface area contributed by atoms with Crippen LogP contribution in [0.15, 0.2) is 83.2 Å². The summed E-state index contributed by atoms with van der Waals surface area (Å²) in [6.07, 6.45) is 5.91. The molecule has 5 rings (SSSR count). The summed E-state index contributed by atoms with van der Waals surface area (Å²) in [5.41, 5.74) is 6.76. The molecule has 39 heavy (non-hydrogen) atoms. The topological polar surface area (TPSA) is 63.2 Å². The average molecular weight is 553 g/mol. The molecule has 2 aromatic carbocycles. The Kier molecular flexibility index (Phi) is 8.33. The Labute approximate surface area is 232 Å². The van der Waals surface area contributed by atoms with Crippen molar-refractivity contribution < 1.29 is 32.9 Å². The highest BCUT2D eigenvalue weighted by atomic mass is 35.5. The van der Waals surface area contributed by atoms with Crippen molar-refractivity contribution in [2.45, 2.75) is 25.0 Å². The number of ether oxygens (including phenoxy) is 5. The third-order valence-electron chi connectivity index (χ3n) is 7.31. The monoisotopic (exact) mass is 552 g/mol. The van der Waals surface area contributed by atoms with Crippen LogP contribution in [0.1, 0.15) is 30.1 Å². The van der Waals surface area contributed by atoms with Gasteiger partial charge in [0.15, 0.2) is 0 Å². The van der Waals surface area contributed by atoms with Gasteiger partial charge in [0.05, 0.1) is 18.8 Å². The van der Waals surface area contributed by atoms with E-state index in [0.717, 1.165) is 33.4 Å². The highest BCUT2D eigenvalue weighted by molar-refractivity contribution is 6.30. The summed E-state index contributed by atoms with van der Waals surface area (Å²) >= 11 is 6.12. The molecule has 2 aliphatic carbocycles. The molecule has 1 heterocycles. The van der Waals surface area contributed by atoms with Gasteiger partial charge in [0.2, 0.25) is 0 Å². The van der Waals surface area contributed by atoms with E-state index in [-0.39, 0.29) is 18.5 Å². The second-order valence-corrected chi connectivity index (χ2v) is 10.2. The van der Waals surface area contributed by atoms with E-state index in [2.05, 4.69) is 6.08 Å². The van der Waals surface area contributed by atoms with Gasteiger partial charge in [0.25, 0.3) is 0 Å². The molecule has 3 aliphatic rings. The van der Waals surface area contributed by atoms with Gasteiger partial charge in [-0.2, -0.15) is 0 Å². The van der Waals surface area contributed by atoms with Crippen LogP contribution in [0.3, 0.4) is 0 Å². The number of carbonyl (C=O) groups excluding carboxylic acids is 1. The Hall–Kier alpha value is -3.23. The lowest BCUT2D eigenvalue weighted by molar-refractivity contribution is -0.141. The van der Waals surface area contributed by atoms with Crippen molar-refractivity contribution in [3.8, 4) is 5.75 Å². The second kappa shape index (κ2) is 11.9. The standard InChI is InChI=1S/C31H30ClFO6/c1-35-17-28(36-2)30(37-3)21-11-23(33)14-24(12-21)38-15-18-4-9-25-20(10-18)13-26-27(16-39-31(26)34)29(25)19-5-7-22(32)8-6-19/h4-9,11-12,14-15,26,28,30H,10,13,16-17H2,1-3H3/t26?,28-,30+/m1/s1. The van der Waals surface area contributed by atoms with Crippen LogP contribution >= 0.6 is 11.6 Å². The minimum absolute atomic E-state index is 0.192. The van der Waals surface area contributed by atoms with Crippen LogP contribution in [0.25, 0.3) is 5.57 Å². The molecule has 1 aliphatic heterocycles. The van der Waals surface area contributed by atoms with E-state index in [9.17, 15) is 9.18 Å². The highest BCUT2D eigenvalue weighted by Crippen LogP contribution is 2.47. The first-order valence-electron chi connectivity index (χ1n) is 12.7. The van der Waals surface area contributed by atoms with Gasteiger partial charge in [-0.25, -0.2) is 4.39 Å². The number of fused-ring (bicyclic) bond motifs is 1. The van der Waals surface area contributed by atoms with Crippen molar-refractivity contribution in [2.75, 3.05) is 34.5 Å². The first-order chi connectivity index (χ1) is 18.9. The Morgan fingerprint density at radius 3 is 2.62 bits per heavy atom. The van der Waals surface area contributed by atoms with Crippen LogP contribution < -0.4 is 4.74 Å². The smallest absolute Gasteiger partial charge is 0.313 e. The molecule has 0 aromatic heterocycles. The van der Waals surface area contributed by atoms with E-state index in [1.807, 2.05) is 30.3 Å². The Morgan fingerprint density at radius 2 is 1.90 bits per heavy atom. The van der Waals surface area contributed by atoms with Gasteiger partial charge in [-0.3, -0.25) is 4.79 Å². The fraction of sp³-hybridized carbons (Fsp3) is 0.323. The molecule has 6 nitrogen and oxygen atoms in total. The number of hydrogen-bond acceptors (Lipinski definition) is 6. The molecule has 0 bridgehead atoms. The fourth-order valence-corrected chi connectivity index (χ4v) is 5.59. The zero-order valence-electron chi connectivity index (χ0n) is 22.0. The number of hydrogen-bond donors (Lipinski definition) is 0. The number of methoxy groups -OCH3 is 3. The molecule has 0 spiro atoms. The van der Waals surface area contributed by atoms with E-state index in [0.29, 0.717) is 35.8 Å². The SMILES string of the molecule is COC[C@@H](OC)[C@@H](OC)c1cc(F)cc(OC=C2C=CC3=C(C2)CC2C(=O)OCC2=C3c2ccc(Cl)cc2)c1. The van der Waals surface area contributed by atoms with Crippen molar-refractivity contribution in [3.63, 3.8) is 0 Å². The summed E-state index contributed by atoms with van der Waals surface area (Å²) < 4.78 is 42.2. The van der Waals surface area contributed by atoms with E-state index in [4.69, 9.17) is 35.3 Å². The lowest BCUT2D eigenvalue weighted by Crippen LogP contribution is -2.27. The van der Waals surface area contributed by atoms with Crippen LogP contribution in [0.2, 0.25) is 5.02 Å². The number of esters is 1. The zero-order valence-corrected chi connectivity index (χ0v) is 22.8. The molecule has 0 saturated carbocycles. The van der Waals surface area contributed by atoms with Crippen molar-refractivity contribution in [1.29, 1.82) is 0 Å². The molecule has 1 fully saturated rings. The maximum atomic E-state index is 14.5. The number of benzene rings is 2. The summed E-state index contributed by atoms with van der Waals surface area (Å²) in [5, 5.41) is 0.653. The van der Waals surface area contributed by atoms with Gasteiger partial charge in [0.1, 0.15) is 30.4 Å². The lowest BCUT2D eigenvalue weighted by atomic mass is 9.74. The third-order valence-corrected chi connectivity index (χ3v) is 7.56. The maximum absolute atomic E-state index is 14.5. The minimum atomic E-state index is -0.538. The summed E-state index contributed by atoms with van der Waals surface area (Å²) in [6, 6.07) is 12.1. The van der Waals surface area contributed by atoms with Gasteiger partial charge in [-0.05, 0) is 70.5 Å². The lowest BCUT2D eigenvalue weighted by Gasteiger charge is -2.28. The largest absolute Gasteiger partial charge is 0.465 e. The molecule has 1 unspecified atom stereocenters. The molecule has 3 atom stereocenters. The Balaban J connectivity index is 1.39. The van der Waals surface area contributed by atoms with Crippen LogP contribution in [0, 0.1) is 11.7 Å². The van der Waals surface area contributed by atoms with Gasteiger partial charge in [0, 0.05) is 32.4 Å². The molecule has 2 aromatic rings. The molecule has 0 amide bonds. The van der Waals surface area contributed by atoms with Gasteiger partial charge < -0.3 is 23.7 Å².